The van der Waals surface area contributed by atoms with Crippen LogP contribution < -0.4 is 14.2 Å². The summed E-state index contributed by atoms with van der Waals surface area (Å²) in [5, 5.41) is 27.8. The molecule has 0 saturated heterocycles. The summed E-state index contributed by atoms with van der Waals surface area (Å²) in [7, 11) is 2.77. The lowest BCUT2D eigenvalue weighted by atomic mass is 10.1. The van der Waals surface area contributed by atoms with Crippen LogP contribution in [-0.4, -0.2) is 41.5 Å². The van der Waals surface area contributed by atoms with Crippen molar-refractivity contribution in [1.29, 1.82) is 0 Å². The minimum Gasteiger partial charge on any atom is -0.502 e. The van der Waals surface area contributed by atoms with Crippen molar-refractivity contribution in [2.75, 3.05) is 14.2 Å². The zero-order valence-corrected chi connectivity index (χ0v) is 15.1. The third-order valence-corrected chi connectivity index (χ3v) is 3.53. The molecule has 28 heavy (non-hydrogen) atoms. The van der Waals surface area contributed by atoms with E-state index in [0.717, 1.165) is 12.2 Å². The third kappa shape index (κ3) is 5.28. The lowest BCUT2D eigenvalue weighted by Gasteiger charge is -2.14. The fourth-order valence-corrected chi connectivity index (χ4v) is 2.26. The van der Waals surface area contributed by atoms with Gasteiger partial charge in [-0.15, -0.1) is 0 Å². The van der Waals surface area contributed by atoms with Gasteiger partial charge in [-0.2, -0.15) is 0 Å². The van der Waals surface area contributed by atoms with E-state index in [9.17, 15) is 14.7 Å². The molecule has 2 aromatic carbocycles. The summed E-state index contributed by atoms with van der Waals surface area (Å²) < 4.78 is 16.1. The van der Waals surface area contributed by atoms with Crippen LogP contribution in [0.3, 0.4) is 0 Å². The molecule has 8 heteroatoms. The molecule has 0 saturated carbocycles. The first-order valence-electron chi connectivity index (χ1n) is 7.93. The Morgan fingerprint density at radius 2 is 1.32 bits per heavy atom. The SMILES string of the molecule is COc1cc(/C=C/C(=O)O)ccc1Oc1cc(/C=C/C(=O)O)cc(OC)c1O. The van der Waals surface area contributed by atoms with E-state index >= 15 is 0 Å². The second kappa shape index (κ2) is 9.13. The number of carbonyl (C=O) groups is 2. The zero-order valence-electron chi connectivity index (χ0n) is 15.1. The molecule has 0 heterocycles. The van der Waals surface area contributed by atoms with Crippen LogP contribution in [0.5, 0.6) is 28.7 Å². The summed E-state index contributed by atoms with van der Waals surface area (Å²) in [5.74, 6) is -1.79. The Balaban J connectivity index is 2.42. The van der Waals surface area contributed by atoms with E-state index < -0.39 is 11.9 Å². The largest absolute Gasteiger partial charge is 0.502 e. The summed E-state index contributed by atoms with van der Waals surface area (Å²) in [6.45, 7) is 0. The number of phenols is 1. The quantitative estimate of drug-likeness (QED) is 0.590. The maximum Gasteiger partial charge on any atom is 0.328 e. The van der Waals surface area contributed by atoms with Crippen molar-refractivity contribution < 1.29 is 39.1 Å². The Kier molecular flexibility index (Phi) is 6.64. The van der Waals surface area contributed by atoms with Crippen molar-refractivity contribution in [2.45, 2.75) is 0 Å². The van der Waals surface area contributed by atoms with Gasteiger partial charge in [0, 0.05) is 12.2 Å². The molecule has 0 aromatic heterocycles. The van der Waals surface area contributed by atoms with Gasteiger partial charge in [0.2, 0.25) is 5.75 Å². The van der Waals surface area contributed by atoms with Gasteiger partial charge in [-0.25, -0.2) is 9.59 Å². The summed E-state index contributed by atoms with van der Waals surface area (Å²) in [5.41, 5.74) is 1.01. The number of ether oxygens (including phenoxy) is 3. The molecule has 0 atom stereocenters. The molecule has 0 aliphatic heterocycles. The summed E-state index contributed by atoms with van der Waals surface area (Å²) in [4.78, 5) is 21.4. The first kappa shape index (κ1) is 20.4. The highest BCUT2D eigenvalue weighted by atomic mass is 16.5. The molecule has 0 amide bonds. The average molecular weight is 386 g/mol. The standard InChI is InChI=1S/C20H18O8/c1-26-15-9-12(4-7-18(21)22)3-6-14(15)28-17-11-13(5-8-19(23)24)10-16(27-2)20(17)25/h3-11,25H,1-2H3,(H,21,22)(H,23,24)/b7-4+,8-5+. The minimum atomic E-state index is -1.12. The molecule has 2 rings (SSSR count). The van der Waals surface area contributed by atoms with Gasteiger partial charge >= 0.3 is 11.9 Å². The smallest absolute Gasteiger partial charge is 0.328 e. The van der Waals surface area contributed by atoms with Crippen LogP contribution in [0.15, 0.2) is 42.5 Å². The minimum absolute atomic E-state index is 0.0246. The highest BCUT2D eigenvalue weighted by molar-refractivity contribution is 5.86. The van der Waals surface area contributed by atoms with Gasteiger partial charge < -0.3 is 29.5 Å². The van der Waals surface area contributed by atoms with Crippen LogP contribution in [-0.2, 0) is 9.59 Å². The van der Waals surface area contributed by atoms with Crippen molar-refractivity contribution in [2.24, 2.45) is 0 Å². The lowest BCUT2D eigenvalue weighted by molar-refractivity contribution is -0.132. The number of hydrogen-bond acceptors (Lipinski definition) is 6. The van der Waals surface area contributed by atoms with Crippen molar-refractivity contribution in [1.82, 2.24) is 0 Å². The Labute approximate surface area is 160 Å². The highest BCUT2D eigenvalue weighted by Gasteiger charge is 2.15. The maximum absolute atomic E-state index is 10.7. The van der Waals surface area contributed by atoms with Gasteiger partial charge in [-0.1, -0.05) is 6.07 Å². The van der Waals surface area contributed by atoms with Crippen molar-refractivity contribution in [3.05, 3.63) is 53.6 Å². The van der Waals surface area contributed by atoms with E-state index in [4.69, 9.17) is 24.4 Å². The van der Waals surface area contributed by atoms with E-state index in [1.807, 2.05) is 0 Å². The number of aromatic hydroxyl groups is 1. The summed E-state index contributed by atoms with van der Waals surface area (Å²) in [6, 6.07) is 7.62. The van der Waals surface area contributed by atoms with Crippen molar-refractivity contribution in [3.63, 3.8) is 0 Å². The third-order valence-electron chi connectivity index (χ3n) is 3.53. The van der Waals surface area contributed by atoms with Crippen LogP contribution in [0, 0.1) is 0 Å². The van der Waals surface area contributed by atoms with Gasteiger partial charge in [0.25, 0.3) is 0 Å². The average Bonchev–Trinajstić information content (AvgIpc) is 2.67. The molecule has 0 aliphatic rings. The number of hydrogen-bond donors (Lipinski definition) is 3. The Morgan fingerprint density at radius 1 is 0.786 bits per heavy atom. The van der Waals surface area contributed by atoms with Crippen LogP contribution >= 0.6 is 0 Å². The van der Waals surface area contributed by atoms with Gasteiger partial charge in [0.1, 0.15) is 0 Å². The van der Waals surface area contributed by atoms with Gasteiger partial charge in [0.15, 0.2) is 23.0 Å². The number of aliphatic carboxylic acids is 2. The number of rotatable bonds is 8. The van der Waals surface area contributed by atoms with E-state index in [2.05, 4.69) is 0 Å². The first-order chi connectivity index (χ1) is 13.3. The molecule has 146 valence electrons. The number of phenolic OH excluding ortho intramolecular Hbond substituents is 1. The highest BCUT2D eigenvalue weighted by Crippen LogP contribution is 2.42. The predicted molar refractivity (Wildman–Crippen MR) is 101 cm³/mol. The zero-order chi connectivity index (χ0) is 20.7. The van der Waals surface area contributed by atoms with E-state index in [1.165, 1.54) is 38.5 Å². The number of benzene rings is 2. The lowest BCUT2D eigenvalue weighted by Crippen LogP contribution is -1.94. The van der Waals surface area contributed by atoms with Crippen LogP contribution in [0.2, 0.25) is 0 Å². The molecule has 0 spiro atoms. The maximum atomic E-state index is 10.7. The summed E-state index contributed by atoms with van der Waals surface area (Å²) in [6.07, 6.45) is 4.66. The fraction of sp³-hybridized carbons (Fsp3) is 0.100. The van der Waals surface area contributed by atoms with Crippen LogP contribution in [0.1, 0.15) is 11.1 Å². The molecule has 0 radical (unpaired) electrons. The second-order valence-corrected chi connectivity index (χ2v) is 5.43. The molecule has 8 nitrogen and oxygen atoms in total. The van der Waals surface area contributed by atoms with E-state index in [1.54, 1.807) is 18.2 Å². The molecular weight excluding hydrogens is 368 g/mol. The summed E-state index contributed by atoms with van der Waals surface area (Å²) >= 11 is 0. The Hall–Kier alpha value is -3.94. The fourth-order valence-electron chi connectivity index (χ4n) is 2.26. The molecule has 3 N–H and O–H groups in total. The second-order valence-electron chi connectivity index (χ2n) is 5.43. The monoisotopic (exact) mass is 386 g/mol. The van der Waals surface area contributed by atoms with Gasteiger partial charge in [0.05, 0.1) is 14.2 Å². The van der Waals surface area contributed by atoms with Crippen molar-refractivity contribution in [3.8, 4) is 28.7 Å². The molecule has 0 aliphatic carbocycles. The number of methoxy groups -OCH3 is 2. The molecule has 0 unspecified atom stereocenters. The van der Waals surface area contributed by atoms with Gasteiger partial charge in [-0.3, -0.25) is 0 Å². The molecule has 0 fully saturated rings. The van der Waals surface area contributed by atoms with Crippen molar-refractivity contribution >= 4 is 24.1 Å². The Morgan fingerprint density at radius 3 is 1.89 bits per heavy atom. The van der Waals surface area contributed by atoms with E-state index in [-0.39, 0.29) is 23.0 Å². The first-order valence-corrected chi connectivity index (χ1v) is 7.93. The van der Waals surface area contributed by atoms with E-state index in [0.29, 0.717) is 16.9 Å². The van der Waals surface area contributed by atoms with Crippen LogP contribution in [0.25, 0.3) is 12.2 Å². The van der Waals surface area contributed by atoms with Gasteiger partial charge in [-0.05, 0) is 47.5 Å². The molecular formula is C20H18O8. The number of carboxylic acids is 2. The normalized spacial score (nSPS) is 10.9. The predicted octanol–water partition coefficient (Wildman–Crippen LogP) is 3.40. The Bertz CT molecular complexity index is 943. The topological polar surface area (TPSA) is 123 Å². The number of carboxylic acid groups (broad SMARTS) is 2. The molecule has 2 aromatic rings. The molecule has 0 bridgehead atoms. The van der Waals surface area contributed by atoms with Crippen LogP contribution in [0.4, 0.5) is 0 Å².